The normalized spacial score (nSPS) is 16.5. The number of aromatic amines is 1. The van der Waals surface area contributed by atoms with Crippen molar-refractivity contribution < 1.29 is 14.3 Å². The summed E-state index contributed by atoms with van der Waals surface area (Å²) < 4.78 is 14.0. The average Bonchev–Trinajstić information content (AvgIpc) is 2.98. The van der Waals surface area contributed by atoms with Gasteiger partial charge in [-0.2, -0.15) is 4.39 Å². The first-order valence-corrected chi connectivity index (χ1v) is 9.74. The van der Waals surface area contributed by atoms with Crippen molar-refractivity contribution in [3.63, 3.8) is 0 Å². The lowest BCUT2D eigenvalue weighted by Gasteiger charge is -2.38. The summed E-state index contributed by atoms with van der Waals surface area (Å²) in [5, 5.41) is 11.3. The van der Waals surface area contributed by atoms with E-state index in [1.807, 2.05) is 0 Å². The number of hydrogen-bond acceptors (Lipinski definition) is 6. The molecule has 4 heterocycles. The molecule has 1 aliphatic rings. The van der Waals surface area contributed by atoms with Gasteiger partial charge in [0.15, 0.2) is 0 Å². The highest BCUT2D eigenvalue weighted by molar-refractivity contribution is 7.20. The fraction of sp³-hybridized carbons (Fsp3) is 0.368. The van der Waals surface area contributed by atoms with E-state index >= 15 is 0 Å². The van der Waals surface area contributed by atoms with E-state index < -0.39 is 11.5 Å². The predicted molar refractivity (Wildman–Crippen MR) is 103 cm³/mol. The second kappa shape index (κ2) is 6.75. The van der Waals surface area contributed by atoms with E-state index in [1.54, 1.807) is 24.8 Å². The van der Waals surface area contributed by atoms with Crippen molar-refractivity contribution in [3.8, 4) is 0 Å². The Hall–Kier alpha value is -2.65. The number of nitrogens with one attached hydrogen (secondary N) is 1. The van der Waals surface area contributed by atoms with Crippen molar-refractivity contribution >= 4 is 27.5 Å². The molecule has 28 heavy (non-hydrogen) atoms. The fourth-order valence-corrected chi connectivity index (χ4v) is 4.88. The second-order valence-corrected chi connectivity index (χ2v) is 8.05. The maximum absolute atomic E-state index is 14.0. The van der Waals surface area contributed by atoms with Crippen molar-refractivity contribution in [1.29, 1.82) is 0 Å². The van der Waals surface area contributed by atoms with Gasteiger partial charge in [0, 0.05) is 24.8 Å². The lowest BCUT2D eigenvalue weighted by Crippen LogP contribution is -2.45. The molecule has 0 spiro atoms. The van der Waals surface area contributed by atoms with Gasteiger partial charge < -0.3 is 15.0 Å². The minimum Gasteiger partial charge on any atom is -0.385 e. The van der Waals surface area contributed by atoms with Gasteiger partial charge in [-0.15, -0.1) is 11.3 Å². The molecule has 0 radical (unpaired) electrons. The lowest BCUT2D eigenvalue weighted by molar-refractivity contribution is -0.0240. The molecule has 0 saturated carbocycles. The summed E-state index contributed by atoms with van der Waals surface area (Å²) in [6.45, 7) is 3.99. The predicted octanol–water partition coefficient (Wildman–Crippen LogP) is 2.26. The third kappa shape index (κ3) is 3.00. The monoisotopic (exact) mass is 402 g/mol. The molecule has 7 nitrogen and oxygen atoms in total. The number of amides is 1. The lowest BCUT2D eigenvalue weighted by atomic mass is 9.85. The molecule has 0 aromatic carbocycles. The average molecular weight is 402 g/mol. The van der Waals surface area contributed by atoms with Gasteiger partial charge in [0.1, 0.15) is 10.7 Å². The maximum Gasteiger partial charge on any atom is 0.264 e. The highest BCUT2D eigenvalue weighted by atomic mass is 32.1. The van der Waals surface area contributed by atoms with Gasteiger partial charge in [-0.3, -0.25) is 9.59 Å². The van der Waals surface area contributed by atoms with Gasteiger partial charge in [-0.25, -0.2) is 9.97 Å². The van der Waals surface area contributed by atoms with E-state index in [-0.39, 0.29) is 43.0 Å². The van der Waals surface area contributed by atoms with Crippen molar-refractivity contribution in [2.24, 2.45) is 0 Å². The third-order valence-corrected chi connectivity index (χ3v) is 6.43. The van der Waals surface area contributed by atoms with Crippen LogP contribution in [0.2, 0.25) is 0 Å². The second-order valence-electron chi connectivity index (χ2n) is 7.05. The van der Waals surface area contributed by atoms with Crippen LogP contribution in [0.3, 0.4) is 0 Å². The number of rotatable bonds is 2. The molecule has 4 rings (SSSR count). The number of carbonyl (C=O) groups is 1. The van der Waals surface area contributed by atoms with E-state index in [0.29, 0.717) is 26.5 Å². The van der Waals surface area contributed by atoms with Gasteiger partial charge in [-0.05, 0) is 38.3 Å². The third-order valence-electron chi connectivity index (χ3n) is 5.25. The zero-order valence-corrected chi connectivity index (χ0v) is 16.3. The molecular weight excluding hydrogens is 383 g/mol. The highest BCUT2D eigenvalue weighted by Crippen LogP contribution is 2.35. The van der Waals surface area contributed by atoms with Gasteiger partial charge >= 0.3 is 0 Å². The van der Waals surface area contributed by atoms with Crippen molar-refractivity contribution in [2.45, 2.75) is 32.3 Å². The molecule has 0 aliphatic carbocycles. The number of nitrogens with zero attached hydrogens (tertiary/aromatic N) is 3. The largest absolute Gasteiger partial charge is 0.385 e. The van der Waals surface area contributed by atoms with Crippen LogP contribution in [-0.2, 0) is 5.60 Å². The highest BCUT2D eigenvalue weighted by Gasteiger charge is 2.38. The van der Waals surface area contributed by atoms with Crippen LogP contribution < -0.4 is 5.56 Å². The SMILES string of the molecule is Cc1nc2sc(C(=O)N3CCC(O)(c4cccnc4F)CC3)c(C)c2c(=O)[nH]1. The molecule has 3 aromatic heterocycles. The molecule has 1 fully saturated rings. The number of H-pyrrole nitrogens is 1. The van der Waals surface area contributed by atoms with E-state index in [1.165, 1.54) is 23.6 Å². The molecule has 2 N–H and O–H groups in total. The number of aromatic nitrogens is 3. The quantitative estimate of drug-likeness (QED) is 0.641. The number of hydrogen-bond donors (Lipinski definition) is 2. The van der Waals surface area contributed by atoms with Crippen LogP contribution >= 0.6 is 11.3 Å². The van der Waals surface area contributed by atoms with E-state index in [9.17, 15) is 19.1 Å². The molecule has 146 valence electrons. The Morgan fingerprint density at radius 3 is 2.75 bits per heavy atom. The molecular formula is C19H19FN4O3S. The first-order valence-electron chi connectivity index (χ1n) is 8.93. The number of aryl methyl sites for hydroxylation is 2. The van der Waals surface area contributed by atoms with Gasteiger partial charge in [-0.1, -0.05) is 6.07 Å². The summed E-state index contributed by atoms with van der Waals surface area (Å²) in [7, 11) is 0. The maximum atomic E-state index is 14.0. The van der Waals surface area contributed by atoms with Gasteiger partial charge in [0.2, 0.25) is 5.95 Å². The molecule has 0 bridgehead atoms. The van der Waals surface area contributed by atoms with Crippen LogP contribution in [0.4, 0.5) is 4.39 Å². The summed E-state index contributed by atoms with van der Waals surface area (Å²) >= 11 is 1.20. The van der Waals surface area contributed by atoms with Crippen LogP contribution in [-0.4, -0.2) is 44.0 Å². The molecule has 0 atom stereocenters. The summed E-state index contributed by atoms with van der Waals surface area (Å²) in [4.78, 5) is 38.5. The van der Waals surface area contributed by atoms with E-state index in [0.717, 1.165) is 0 Å². The number of thiophene rings is 1. The summed E-state index contributed by atoms with van der Waals surface area (Å²) in [6.07, 6.45) is 1.76. The Morgan fingerprint density at radius 2 is 2.07 bits per heavy atom. The molecule has 3 aromatic rings. The number of piperidine rings is 1. The molecule has 1 saturated heterocycles. The minimum absolute atomic E-state index is 0.159. The van der Waals surface area contributed by atoms with Crippen LogP contribution in [0, 0.1) is 19.8 Å². The topological polar surface area (TPSA) is 99.2 Å². The zero-order valence-electron chi connectivity index (χ0n) is 15.5. The van der Waals surface area contributed by atoms with E-state index in [2.05, 4.69) is 15.0 Å². The zero-order chi connectivity index (χ0) is 20.1. The first-order chi connectivity index (χ1) is 13.3. The first kappa shape index (κ1) is 18.7. The van der Waals surface area contributed by atoms with Crippen molar-refractivity contribution in [2.75, 3.05) is 13.1 Å². The molecule has 1 amide bonds. The molecule has 0 unspecified atom stereocenters. The summed E-state index contributed by atoms with van der Waals surface area (Å²) in [6, 6.07) is 3.11. The Balaban J connectivity index is 1.59. The number of halogens is 1. The number of carbonyl (C=O) groups excluding carboxylic acids is 1. The smallest absolute Gasteiger partial charge is 0.264 e. The molecule has 1 aliphatic heterocycles. The Labute approximate surface area is 163 Å². The fourth-order valence-electron chi connectivity index (χ4n) is 3.68. The number of fused-ring (bicyclic) bond motifs is 1. The van der Waals surface area contributed by atoms with Crippen molar-refractivity contribution in [1.82, 2.24) is 19.9 Å². The van der Waals surface area contributed by atoms with Gasteiger partial charge in [0.25, 0.3) is 11.5 Å². The van der Waals surface area contributed by atoms with E-state index in [4.69, 9.17) is 0 Å². The summed E-state index contributed by atoms with van der Waals surface area (Å²) in [5.41, 5.74) is -0.834. The number of pyridine rings is 1. The summed E-state index contributed by atoms with van der Waals surface area (Å²) in [5.74, 6) is -0.392. The molecule has 9 heteroatoms. The van der Waals surface area contributed by atoms with Crippen molar-refractivity contribution in [3.05, 3.63) is 56.5 Å². The Morgan fingerprint density at radius 1 is 1.36 bits per heavy atom. The Kier molecular flexibility index (Phi) is 4.51. The van der Waals surface area contributed by atoms with Gasteiger partial charge in [0.05, 0.1) is 15.9 Å². The Bertz CT molecular complexity index is 1130. The van der Waals surface area contributed by atoms with Crippen LogP contribution in [0.15, 0.2) is 23.1 Å². The number of likely N-dealkylation sites (tertiary alicyclic amines) is 1. The van der Waals surface area contributed by atoms with Crippen LogP contribution in [0.5, 0.6) is 0 Å². The minimum atomic E-state index is -1.35. The number of aliphatic hydroxyl groups is 1. The van der Waals surface area contributed by atoms with Crippen LogP contribution in [0.25, 0.3) is 10.2 Å². The standard InChI is InChI=1S/C19H19FN4O3S/c1-10-13-16(25)22-11(2)23-17(13)28-14(10)18(26)24-8-5-19(27,6-9-24)12-4-3-7-21-15(12)20/h3-4,7,27H,5-6,8-9H2,1-2H3,(H,22,23,25). The van der Waals surface area contributed by atoms with Crippen LogP contribution in [0.1, 0.15) is 39.5 Å².